The van der Waals surface area contributed by atoms with Crippen LogP contribution in [-0.4, -0.2) is 25.6 Å². The van der Waals surface area contributed by atoms with Gasteiger partial charge in [0.15, 0.2) is 0 Å². The Morgan fingerprint density at radius 2 is 2.06 bits per heavy atom. The molecule has 1 aromatic carbocycles. The summed E-state index contributed by atoms with van der Waals surface area (Å²) in [5.74, 6) is 0. The summed E-state index contributed by atoms with van der Waals surface area (Å²) < 4.78 is 9.95. The molecule has 0 spiro atoms. The molecule has 0 aromatic heterocycles. The minimum absolute atomic E-state index is 0.313. The van der Waals surface area contributed by atoms with Crippen molar-refractivity contribution in [1.29, 1.82) is 0 Å². The first-order chi connectivity index (χ1) is 8.25. The number of hydrogen-bond donors (Lipinski definition) is 1. The van der Waals surface area contributed by atoms with E-state index in [2.05, 4.69) is 6.58 Å². The van der Waals surface area contributed by atoms with Crippen molar-refractivity contribution in [3.63, 3.8) is 0 Å². The van der Waals surface area contributed by atoms with Crippen molar-refractivity contribution in [2.24, 2.45) is 0 Å². The van der Waals surface area contributed by atoms with E-state index in [0.717, 1.165) is 24.0 Å². The molecule has 0 bridgehead atoms. The smallest absolute Gasteiger partial charge is 0.146 e. The molecule has 1 rings (SSSR count). The van der Waals surface area contributed by atoms with Crippen molar-refractivity contribution in [1.82, 2.24) is 0 Å². The zero-order valence-corrected chi connectivity index (χ0v) is 10.3. The molecule has 3 heteroatoms. The van der Waals surface area contributed by atoms with E-state index in [1.54, 1.807) is 7.11 Å². The third-order valence-electron chi connectivity index (χ3n) is 2.49. The van der Waals surface area contributed by atoms with Crippen LogP contribution >= 0.6 is 0 Å². The van der Waals surface area contributed by atoms with Crippen molar-refractivity contribution >= 4 is 0 Å². The Morgan fingerprint density at radius 1 is 1.35 bits per heavy atom. The summed E-state index contributed by atoms with van der Waals surface area (Å²) in [4.78, 5) is 0. The minimum Gasteiger partial charge on any atom is -0.384 e. The van der Waals surface area contributed by atoms with E-state index in [9.17, 15) is 5.11 Å². The molecular weight excluding hydrogens is 216 g/mol. The van der Waals surface area contributed by atoms with Gasteiger partial charge >= 0.3 is 0 Å². The van der Waals surface area contributed by atoms with Crippen LogP contribution < -0.4 is 0 Å². The Labute approximate surface area is 103 Å². The molecule has 0 aliphatic rings. The van der Waals surface area contributed by atoms with Crippen LogP contribution in [0.5, 0.6) is 0 Å². The molecule has 1 N–H and O–H groups in total. The first kappa shape index (κ1) is 13.9. The maximum absolute atomic E-state index is 10.0. The molecule has 1 atom stereocenters. The van der Waals surface area contributed by atoms with E-state index in [1.807, 2.05) is 30.3 Å². The second-order valence-electron chi connectivity index (χ2n) is 3.89. The average molecular weight is 236 g/mol. The highest BCUT2D eigenvalue weighted by atomic mass is 16.7. The fraction of sp³-hybridized carbons (Fsp3) is 0.429. The predicted molar refractivity (Wildman–Crippen MR) is 67.6 cm³/mol. The van der Waals surface area contributed by atoms with Crippen molar-refractivity contribution in [2.45, 2.75) is 18.9 Å². The summed E-state index contributed by atoms with van der Waals surface area (Å²) in [7, 11) is 1.60. The average Bonchev–Trinajstić information content (AvgIpc) is 2.38. The summed E-state index contributed by atoms with van der Waals surface area (Å²) in [6.07, 6.45) is 1.00. The summed E-state index contributed by atoms with van der Waals surface area (Å²) in [6.45, 7) is 4.84. The molecule has 17 heavy (non-hydrogen) atoms. The summed E-state index contributed by atoms with van der Waals surface area (Å²) >= 11 is 0. The lowest BCUT2D eigenvalue weighted by atomic mass is 9.99. The van der Waals surface area contributed by atoms with Crippen LogP contribution in [0.25, 0.3) is 0 Å². The molecule has 0 fully saturated rings. The van der Waals surface area contributed by atoms with Crippen LogP contribution in [0.1, 0.15) is 24.5 Å². The molecule has 0 radical (unpaired) electrons. The highest BCUT2D eigenvalue weighted by molar-refractivity contribution is 5.24. The Hall–Kier alpha value is -1.16. The van der Waals surface area contributed by atoms with Crippen LogP contribution in [0.2, 0.25) is 0 Å². The van der Waals surface area contributed by atoms with Gasteiger partial charge in [0.1, 0.15) is 6.79 Å². The second kappa shape index (κ2) is 8.01. The number of benzene rings is 1. The van der Waals surface area contributed by atoms with Crippen LogP contribution in [-0.2, 0) is 9.47 Å². The Morgan fingerprint density at radius 3 is 2.71 bits per heavy atom. The van der Waals surface area contributed by atoms with E-state index in [0.29, 0.717) is 13.4 Å². The second-order valence-corrected chi connectivity index (χ2v) is 3.89. The predicted octanol–water partition coefficient (Wildman–Crippen LogP) is 2.68. The quantitative estimate of drug-likeness (QED) is 0.428. The number of aliphatic hydroxyl groups excluding tert-OH is 1. The molecular formula is C14H20O3. The lowest BCUT2D eigenvalue weighted by molar-refractivity contribution is -0.0312. The van der Waals surface area contributed by atoms with Crippen LogP contribution in [0.15, 0.2) is 42.5 Å². The normalized spacial score (nSPS) is 12.4. The molecule has 3 nitrogen and oxygen atoms in total. The van der Waals surface area contributed by atoms with E-state index in [-0.39, 0.29) is 0 Å². The number of hydrogen-bond acceptors (Lipinski definition) is 3. The molecule has 0 aliphatic heterocycles. The van der Waals surface area contributed by atoms with Gasteiger partial charge in [-0.3, -0.25) is 0 Å². The fourth-order valence-corrected chi connectivity index (χ4v) is 1.55. The van der Waals surface area contributed by atoms with Gasteiger partial charge in [-0.1, -0.05) is 36.9 Å². The first-order valence-corrected chi connectivity index (χ1v) is 5.73. The van der Waals surface area contributed by atoms with Crippen molar-refractivity contribution in [3.05, 3.63) is 48.0 Å². The third kappa shape index (κ3) is 5.13. The van der Waals surface area contributed by atoms with Gasteiger partial charge in [0.05, 0.1) is 6.10 Å². The van der Waals surface area contributed by atoms with E-state index in [1.165, 1.54) is 0 Å². The molecule has 1 aromatic rings. The summed E-state index contributed by atoms with van der Waals surface area (Å²) in [5, 5.41) is 10.0. The zero-order valence-electron chi connectivity index (χ0n) is 10.3. The standard InChI is InChI=1S/C14H20O3/c1-12(7-6-10-17-11-16-2)14(15)13-8-4-3-5-9-13/h3-5,8-9,14-15H,1,6-7,10-11H2,2H3. The molecule has 0 saturated heterocycles. The highest BCUT2D eigenvalue weighted by Crippen LogP contribution is 2.23. The topological polar surface area (TPSA) is 38.7 Å². The summed E-state index contributed by atoms with van der Waals surface area (Å²) in [5.41, 5.74) is 1.70. The lowest BCUT2D eigenvalue weighted by Crippen LogP contribution is -2.03. The van der Waals surface area contributed by atoms with E-state index >= 15 is 0 Å². The zero-order chi connectivity index (χ0) is 12.5. The van der Waals surface area contributed by atoms with Crippen molar-refractivity contribution in [2.75, 3.05) is 20.5 Å². The van der Waals surface area contributed by atoms with Gasteiger partial charge < -0.3 is 14.6 Å². The lowest BCUT2D eigenvalue weighted by Gasteiger charge is -2.14. The maximum Gasteiger partial charge on any atom is 0.146 e. The number of rotatable bonds is 8. The molecule has 0 heterocycles. The van der Waals surface area contributed by atoms with Crippen LogP contribution in [0, 0.1) is 0 Å². The fourth-order valence-electron chi connectivity index (χ4n) is 1.55. The van der Waals surface area contributed by atoms with Crippen molar-refractivity contribution < 1.29 is 14.6 Å². The van der Waals surface area contributed by atoms with Gasteiger partial charge in [-0.05, 0) is 24.0 Å². The van der Waals surface area contributed by atoms with Crippen LogP contribution in [0.4, 0.5) is 0 Å². The van der Waals surface area contributed by atoms with E-state index < -0.39 is 6.10 Å². The molecule has 0 amide bonds. The van der Waals surface area contributed by atoms with Gasteiger partial charge in [-0.15, -0.1) is 0 Å². The largest absolute Gasteiger partial charge is 0.384 e. The number of aliphatic hydroxyl groups is 1. The monoisotopic (exact) mass is 236 g/mol. The van der Waals surface area contributed by atoms with Crippen molar-refractivity contribution in [3.8, 4) is 0 Å². The third-order valence-corrected chi connectivity index (χ3v) is 2.49. The van der Waals surface area contributed by atoms with Crippen LogP contribution in [0.3, 0.4) is 0 Å². The minimum atomic E-state index is -0.585. The van der Waals surface area contributed by atoms with E-state index in [4.69, 9.17) is 9.47 Å². The SMILES string of the molecule is C=C(CCCOCOC)C(O)c1ccccc1. The molecule has 1 unspecified atom stereocenters. The van der Waals surface area contributed by atoms with Gasteiger partial charge in [0, 0.05) is 13.7 Å². The number of methoxy groups -OCH3 is 1. The maximum atomic E-state index is 10.0. The molecule has 0 aliphatic carbocycles. The Kier molecular flexibility index (Phi) is 6.55. The van der Waals surface area contributed by atoms with Gasteiger partial charge in [0.25, 0.3) is 0 Å². The Balaban J connectivity index is 2.28. The van der Waals surface area contributed by atoms with Gasteiger partial charge in [-0.2, -0.15) is 0 Å². The Bertz CT molecular complexity index is 321. The summed E-state index contributed by atoms with van der Waals surface area (Å²) in [6, 6.07) is 9.55. The molecule has 94 valence electrons. The highest BCUT2D eigenvalue weighted by Gasteiger charge is 2.10. The van der Waals surface area contributed by atoms with Gasteiger partial charge in [0.2, 0.25) is 0 Å². The first-order valence-electron chi connectivity index (χ1n) is 5.73. The van der Waals surface area contributed by atoms with Gasteiger partial charge in [-0.25, -0.2) is 0 Å². The molecule has 0 saturated carbocycles. The number of ether oxygens (including phenoxy) is 2.